The van der Waals surface area contributed by atoms with Crippen LogP contribution >= 0.6 is 11.6 Å². The van der Waals surface area contributed by atoms with Crippen molar-refractivity contribution in [2.45, 2.75) is 49.8 Å². The largest absolute Gasteiger partial charge is 0.398 e. The maximum Gasteiger partial charge on any atom is 0.236 e. The SMILES string of the molecule is CCC(CC)NC(=O)C(C)S(=O)c1c(N)cccc1Cl. The zero-order chi connectivity index (χ0) is 15.3. The van der Waals surface area contributed by atoms with Gasteiger partial charge in [0.2, 0.25) is 5.91 Å². The second-order valence-corrected chi connectivity index (χ2v) is 6.74. The topological polar surface area (TPSA) is 72.2 Å². The van der Waals surface area contributed by atoms with Gasteiger partial charge < -0.3 is 11.1 Å². The predicted octanol–water partition coefficient (Wildman–Crippen LogP) is 2.72. The fourth-order valence-electron chi connectivity index (χ4n) is 1.82. The normalized spacial score (nSPS) is 14.1. The molecule has 1 aromatic carbocycles. The smallest absolute Gasteiger partial charge is 0.236 e. The third-order valence-corrected chi connectivity index (χ3v) is 5.36. The summed E-state index contributed by atoms with van der Waals surface area (Å²) in [7, 11) is -1.57. The van der Waals surface area contributed by atoms with Crippen molar-refractivity contribution in [2.75, 3.05) is 5.73 Å². The predicted molar refractivity (Wildman–Crippen MR) is 84.2 cm³/mol. The van der Waals surface area contributed by atoms with Crippen molar-refractivity contribution in [3.8, 4) is 0 Å². The zero-order valence-corrected chi connectivity index (χ0v) is 13.6. The number of hydrogen-bond acceptors (Lipinski definition) is 3. The second-order valence-electron chi connectivity index (χ2n) is 4.62. The Bertz CT molecular complexity index is 484. The molecule has 0 aliphatic carbocycles. The van der Waals surface area contributed by atoms with Gasteiger partial charge in [-0.25, -0.2) is 0 Å². The molecule has 1 rings (SSSR count). The van der Waals surface area contributed by atoms with E-state index in [9.17, 15) is 9.00 Å². The van der Waals surface area contributed by atoms with Gasteiger partial charge in [-0.3, -0.25) is 9.00 Å². The molecule has 0 heterocycles. The van der Waals surface area contributed by atoms with Crippen molar-refractivity contribution in [3.05, 3.63) is 23.2 Å². The molecule has 0 saturated carbocycles. The number of anilines is 1. The van der Waals surface area contributed by atoms with Crippen LogP contribution in [0.15, 0.2) is 23.1 Å². The average Bonchev–Trinajstić information content (AvgIpc) is 2.43. The Morgan fingerprint density at radius 3 is 2.50 bits per heavy atom. The summed E-state index contributed by atoms with van der Waals surface area (Å²) in [6.45, 7) is 5.63. The molecule has 1 amide bonds. The highest BCUT2D eigenvalue weighted by Gasteiger charge is 2.25. The summed E-state index contributed by atoms with van der Waals surface area (Å²) in [6.07, 6.45) is 1.69. The van der Waals surface area contributed by atoms with E-state index in [-0.39, 0.29) is 11.9 Å². The van der Waals surface area contributed by atoms with Crippen molar-refractivity contribution in [1.29, 1.82) is 0 Å². The molecule has 2 atom stereocenters. The Morgan fingerprint density at radius 2 is 2.00 bits per heavy atom. The van der Waals surface area contributed by atoms with E-state index < -0.39 is 16.0 Å². The molecule has 0 bridgehead atoms. The minimum atomic E-state index is -1.57. The summed E-state index contributed by atoms with van der Waals surface area (Å²) in [6, 6.07) is 5.04. The first-order chi connectivity index (χ1) is 9.42. The number of benzene rings is 1. The fraction of sp³-hybridized carbons (Fsp3) is 0.500. The first-order valence-electron chi connectivity index (χ1n) is 6.67. The molecule has 20 heavy (non-hydrogen) atoms. The molecule has 6 heteroatoms. The van der Waals surface area contributed by atoms with Gasteiger partial charge in [0.15, 0.2) is 0 Å². The number of halogens is 1. The number of amides is 1. The summed E-state index contributed by atoms with van der Waals surface area (Å²) in [4.78, 5) is 12.5. The minimum Gasteiger partial charge on any atom is -0.398 e. The first kappa shape index (κ1) is 17.0. The molecular formula is C14H21ClN2O2S. The van der Waals surface area contributed by atoms with E-state index in [0.717, 1.165) is 12.8 Å². The highest BCUT2D eigenvalue weighted by Crippen LogP contribution is 2.27. The Labute approximate surface area is 127 Å². The second kappa shape index (κ2) is 7.64. The minimum absolute atomic E-state index is 0.102. The van der Waals surface area contributed by atoms with Gasteiger partial charge in [0.25, 0.3) is 0 Å². The van der Waals surface area contributed by atoms with Crippen molar-refractivity contribution >= 4 is 34.0 Å². The molecule has 112 valence electrons. The number of rotatable bonds is 6. The molecule has 0 aromatic heterocycles. The van der Waals surface area contributed by atoms with Crippen molar-refractivity contribution < 1.29 is 9.00 Å². The molecule has 0 aliphatic heterocycles. The lowest BCUT2D eigenvalue weighted by Crippen LogP contribution is -2.41. The molecule has 0 spiro atoms. The Morgan fingerprint density at radius 1 is 1.40 bits per heavy atom. The third-order valence-electron chi connectivity index (χ3n) is 3.22. The lowest BCUT2D eigenvalue weighted by Gasteiger charge is -2.19. The Kier molecular flexibility index (Phi) is 6.49. The van der Waals surface area contributed by atoms with Gasteiger partial charge in [0.05, 0.1) is 20.7 Å². The number of nitrogens with two attached hydrogens (primary N) is 1. The molecular weight excluding hydrogens is 296 g/mol. The fourth-order valence-corrected chi connectivity index (χ4v) is 3.41. The van der Waals surface area contributed by atoms with Crippen molar-refractivity contribution in [2.24, 2.45) is 0 Å². The van der Waals surface area contributed by atoms with Gasteiger partial charge in [0.1, 0.15) is 5.25 Å². The van der Waals surface area contributed by atoms with Crippen LogP contribution in [0.3, 0.4) is 0 Å². The van der Waals surface area contributed by atoms with E-state index >= 15 is 0 Å². The van der Waals surface area contributed by atoms with E-state index in [1.54, 1.807) is 25.1 Å². The molecule has 1 aromatic rings. The van der Waals surface area contributed by atoms with Gasteiger partial charge in [0, 0.05) is 11.7 Å². The van der Waals surface area contributed by atoms with Gasteiger partial charge in [-0.05, 0) is 31.9 Å². The van der Waals surface area contributed by atoms with E-state index in [4.69, 9.17) is 17.3 Å². The number of carbonyl (C=O) groups is 1. The molecule has 4 nitrogen and oxygen atoms in total. The van der Waals surface area contributed by atoms with Crippen LogP contribution < -0.4 is 11.1 Å². The van der Waals surface area contributed by atoms with Crippen LogP contribution in [0.1, 0.15) is 33.6 Å². The van der Waals surface area contributed by atoms with Crippen LogP contribution in [-0.2, 0) is 15.6 Å². The number of nitrogens with one attached hydrogen (secondary N) is 1. The highest BCUT2D eigenvalue weighted by atomic mass is 35.5. The van der Waals surface area contributed by atoms with Gasteiger partial charge >= 0.3 is 0 Å². The van der Waals surface area contributed by atoms with E-state index in [1.165, 1.54) is 0 Å². The van der Waals surface area contributed by atoms with Crippen LogP contribution in [-0.4, -0.2) is 21.4 Å². The first-order valence-corrected chi connectivity index (χ1v) is 8.26. The standard InChI is InChI=1S/C14H21ClN2O2S/c1-4-10(5-2)17-14(18)9(3)20(19)13-11(15)7-6-8-12(13)16/h6-10H,4-5,16H2,1-3H3,(H,17,18). The summed E-state index contributed by atoms with van der Waals surface area (Å²) >= 11 is 6.03. The molecule has 0 radical (unpaired) electrons. The van der Waals surface area contributed by atoms with Crippen molar-refractivity contribution in [1.82, 2.24) is 5.32 Å². The van der Waals surface area contributed by atoms with Crippen LogP contribution in [0, 0.1) is 0 Å². The monoisotopic (exact) mass is 316 g/mol. The summed E-state index contributed by atoms with van der Waals surface area (Å²) < 4.78 is 12.5. The lowest BCUT2D eigenvalue weighted by molar-refractivity contribution is -0.121. The summed E-state index contributed by atoms with van der Waals surface area (Å²) in [5.74, 6) is -0.239. The van der Waals surface area contributed by atoms with E-state index in [2.05, 4.69) is 5.32 Å². The van der Waals surface area contributed by atoms with Crippen LogP contribution in [0.2, 0.25) is 5.02 Å². The molecule has 0 fully saturated rings. The molecule has 3 N–H and O–H groups in total. The average molecular weight is 317 g/mol. The maximum absolute atomic E-state index is 12.5. The zero-order valence-electron chi connectivity index (χ0n) is 12.0. The highest BCUT2D eigenvalue weighted by molar-refractivity contribution is 7.86. The third kappa shape index (κ3) is 3.96. The maximum atomic E-state index is 12.5. The van der Waals surface area contributed by atoms with E-state index in [0.29, 0.717) is 15.6 Å². The molecule has 0 aliphatic rings. The number of carbonyl (C=O) groups excluding carboxylic acids is 1. The summed E-state index contributed by atoms with van der Waals surface area (Å²) in [5.41, 5.74) is 6.15. The van der Waals surface area contributed by atoms with E-state index in [1.807, 2.05) is 13.8 Å². The Balaban J connectivity index is 2.89. The lowest BCUT2D eigenvalue weighted by atomic mass is 10.2. The van der Waals surface area contributed by atoms with Crippen LogP contribution in [0.5, 0.6) is 0 Å². The molecule has 2 unspecified atom stereocenters. The molecule has 0 saturated heterocycles. The number of nitrogen functional groups attached to an aromatic ring is 1. The van der Waals surface area contributed by atoms with Gasteiger partial charge in [-0.2, -0.15) is 0 Å². The van der Waals surface area contributed by atoms with Crippen LogP contribution in [0.25, 0.3) is 0 Å². The summed E-state index contributed by atoms with van der Waals surface area (Å²) in [5, 5.41) is 2.52. The van der Waals surface area contributed by atoms with Gasteiger partial charge in [-0.1, -0.05) is 31.5 Å². The quantitative estimate of drug-likeness (QED) is 0.793. The Hall–Kier alpha value is -1.07. The van der Waals surface area contributed by atoms with Gasteiger partial charge in [-0.15, -0.1) is 0 Å². The van der Waals surface area contributed by atoms with Crippen LogP contribution in [0.4, 0.5) is 5.69 Å². The number of hydrogen-bond donors (Lipinski definition) is 2. The van der Waals surface area contributed by atoms with Crippen molar-refractivity contribution in [3.63, 3.8) is 0 Å².